The van der Waals surface area contributed by atoms with Gasteiger partial charge in [0.15, 0.2) is 0 Å². The maximum atomic E-state index is 11.9. The lowest BCUT2D eigenvalue weighted by Gasteiger charge is -2.17. The summed E-state index contributed by atoms with van der Waals surface area (Å²) < 4.78 is 0. The highest BCUT2D eigenvalue weighted by Crippen LogP contribution is 2.22. The van der Waals surface area contributed by atoms with Gasteiger partial charge in [0.1, 0.15) is 0 Å². The summed E-state index contributed by atoms with van der Waals surface area (Å²) in [5.74, 6) is 0.157. The number of carbonyl (C=O) groups is 2. The van der Waals surface area contributed by atoms with Gasteiger partial charge >= 0.3 is 0 Å². The van der Waals surface area contributed by atoms with Crippen LogP contribution >= 0.6 is 0 Å². The first-order chi connectivity index (χ1) is 10.1. The Morgan fingerprint density at radius 3 is 2.90 bits per heavy atom. The zero-order chi connectivity index (χ0) is 15.2. The molecule has 21 heavy (non-hydrogen) atoms. The zero-order valence-corrected chi connectivity index (χ0v) is 12.7. The Morgan fingerprint density at radius 1 is 1.43 bits per heavy atom. The first kappa shape index (κ1) is 15.5. The van der Waals surface area contributed by atoms with Crippen LogP contribution in [0.3, 0.4) is 0 Å². The van der Waals surface area contributed by atoms with Crippen molar-refractivity contribution in [1.29, 1.82) is 0 Å². The highest BCUT2D eigenvalue weighted by atomic mass is 16.2. The van der Waals surface area contributed by atoms with Crippen LogP contribution in [-0.2, 0) is 16.1 Å². The molecule has 1 unspecified atom stereocenters. The molecule has 0 aromatic heterocycles. The molecular formula is C16H23N3O2. The molecule has 0 radical (unpaired) electrons. The third-order valence-corrected chi connectivity index (χ3v) is 3.72. The standard InChI is InChI=1S/C16H23N3O2/c1-12(10-17-2)16(21)18-11-13-5-3-6-14(9-13)19-8-4-7-15(19)20/h3,5-6,9,12,17H,4,7-8,10-11H2,1-2H3,(H,18,21). The Morgan fingerprint density at radius 2 is 2.24 bits per heavy atom. The molecule has 1 aromatic carbocycles. The number of carbonyl (C=O) groups excluding carboxylic acids is 2. The fourth-order valence-corrected chi connectivity index (χ4v) is 2.52. The minimum absolute atomic E-state index is 0.0343. The van der Waals surface area contributed by atoms with Gasteiger partial charge in [-0.15, -0.1) is 0 Å². The van der Waals surface area contributed by atoms with E-state index in [0.29, 0.717) is 19.5 Å². The number of amides is 2. The smallest absolute Gasteiger partial charge is 0.227 e. The molecule has 0 aliphatic carbocycles. The van der Waals surface area contributed by atoms with Gasteiger partial charge in [-0.2, -0.15) is 0 Å². The number of benzene rings is 1. The van der Waals surface area contributed by atoms with Crippen LogP contribution in [0.1, 0.15) is 25.3 Å². The molecule has 0 bridgehead atoms. The van der Waals surface area contributed by atoms with Crippen molar-refractivity contribution >= 4 is 17.5 Å². The minimum Gasteiger partial charge on any atom is -0.352 e. The van der Waals surface area contributed by atoms with Crippen LogP contribution in [0, 0.1) is 5.92 Å². The number of anilines is 1. The Balaban J connectivity index is 1.95. The van der Waals surface area contributed by atoms with Crippen molar-refractivity contribution < 1.29 is 9.59 Å². The van der Waals surface area contributed by atoms with E-state index in [-0.39, 0.29) is 17.7 Å². The molecule has 0 saturated carbocycles. The Bertz CT molecular complexity index is 516. The Kier molecular flexibility index (Phi) is 5.33. The zero-order valence-electron chi connectivity index (χ0n) is 12.7. The summed E-state index contributed by atoms with van der Waals surface area (Å²) in [4.78, 5) is 25.5. The van der Waals surface area contributed by atoms with E-state index in [1.165, 1.54) is 0 Å². The number of hydrogen-bond donors (Lipinski definition) is 2. The van der Waals surface area contributed by atoms with Gasteiger partial charge in [-0.25, -0.2) is 0 Å². The summed E-state index contributed by atoms with van der Waals surface area (Å²) in [6, 6.07) is 7.82. The summed E-state index contributed by atoms with van der Waals surface area (Å²) in [5.41, 5.74) is 1.93. The lowest BCUT2D eigenvalue weighted by molar-refractivity contribution is -0.124. The lowest BCUT2D eigenvalue weighted by atomic mass is 10.1. The molecule has 5 nitrogen and oxygen atoms in total. The molecule has 1 aliphatic rings. The van der Waals surface area contributed by atoms with Crippen LogP contribution in [0.25, 0.3) is 0 Å². The van der Waals surface area contributed by atoms with Crippen molar-refractivity contribution in [3.8, 4) is 0 Å². The molecule has 114 valence electrons. The van der Waals surface area contributed by atoms with E-state index >= 15 is 0 Å². The molecular weight excluding hydrogens is 266 g/mol. The number of hydrogen-bond acceptors (Lipinski definition) is 3. The van der Waals surface area contributed by atoms with Gasteiger partial charge in [0.05, 0.1) is 0 Å². The van der Waals surface area contributed by atoms with Crippen molar-refractivity contribution in [2.24, 2.45) is 5.92 Å². The molecule has 1 saturated heterocycles. The number of nitrogens with one attached hydrogen (secondary N) is 2. The first-order valence-corrected chi connectivity index (χ1v) is 7.43. The van der Waals surface area contributed by atoms with Crippen molar-refractivity contribution in [3.63, 3.8) is 0 Å². The van der Waals surface area contributed by atoms with Gasteiger partial charge < -0.3 is 15.5 Å². The highest BCUT2D eigenvalue weighted by molar-refractivity contribution is 5.95. The summed E-state index contributed by atoms with van der Waals surface area (Å²) in [7, 11) is 1.83. The monoisotopic (exact) mass is 289 g/mol. The molecule has 1 aromatic rings. The van der Waals surface area contributed by atoms with E-state index < -0.39 is 0 Å². The van der Waals surface area contributed by atoms with Gasteiger partial charge in [-0.05, 0) is 31.2 Å². The molecule has 0 spiro atoms. The maximum absolute atomic E-state index is 11.9. The van der Waals surface area contributed by atoms with Crippen LogP contribution in [0.2, 0.25) is 0 Å². The molecule has 5 heteroatoms. The number of nitrogens with zero attached hydrogens (tertiary/aromatic N) is 1. The quantitative estimate of drug-likeness (QED) is 0.829. The Hall–Kier alpha value is -1.88. The van der Waals surface area contributed by atoms with E-state index in [1.807, 2.05) is 43.1 Å². The highest BCUT2D eigenvalue weighted by Gasteiger charge is 2.21. The molecule has 1 heterocycles. The summed E-state index contributed by atoms with van der Waals surface area (Å²) in [6.45, 7) is 3.83. The van der Waals surface area contributed by atoms with Gasteiger partial charge in [0.2, 0.25) is 11.8 Å². The molecule has 2 amide bonds. The molecule has 1 atom stereocenters. The first-order valence-electron chi connectivity index (χ1n) is 7.43. The summed E-state index contributed by atoms with van der Waals surface area (Å²) in [5, 5.41) is 5.92. The molecule has 2 rings (SSSR count). The van der Waals surface area contributed by atoms with Crippen LogP contribution < -0.4 is 15.5 Å². The normalized spacial score (nSPS) is 16.1. The fraction of sp³-hybridized carbons (Fsp3) is 0.500. The van der Waals surface area contributed by atoms with Crippen molar-refractivity contribution in [3.05, 3.63) is 29.8 Å². The second-order valence-electron chi connectivity index (χ2n) is 5.50. The van der Waals surface area contributed by atoms with Crippen molar-refractivity contribution in [2.45, 2.75) is 26.3 Å². The SMILES string of the molecule is CNCC(C)C(=O)NCc1cccc(N2CCCC2=O)c1. The topological polar surface area (TPSA) is 61.4 Å². The fourth-order valence-electron chi connectivity index (χ4n) is 2.52. The second kappa shape index (κ2) is 7.22. The summed E-state index contributed by atoms with van der Waals surface area (Å²) in [6.07, 6.45) is 1.55. The van der Waals surface area contributed by atoms with E-state index in [4.69, 9.17) is 0 Å². The van der Waals surface area contributed by atoms with Crippen LogP contribution in [-0.4, -0.2) is 32.0 Å². The van der Waals surface area contributed by atoms with Gasteiger partial charge in [-0.3, -0.25) is 9.59 Å². The van der Waals surface area contributed by atoms with E-state index in [1.54, 1.807) is 0 Å². The maximum Gasteiger partial charge on any atom is 0.227 e. The third-order valence-electron chi connectivity index (χ3n) is 3.72. The van der Waals surface area contributed by atoms with Crippen LogP contribution in [0.5, 0.6) is 0 Å². The second-order valence-corrected chi connectivity index (χ2v) is 5.50. The largest absolute Gasteiger partial charge is 0.352 e. The Labute approximate surface area is 125 Å². The van der Waals surface area contributed by atoms with Gasteiger partial charge in [0, 0.05) is 37.7 Å². The molecule has 1 aliphatic heterocycles. The van der Waals surface area contributed by atoms with E-state index in [0.717, 1.165) is 24.2 Å². The predicted octanol–water partition coefficient (Wildman–Crippen LogP) is 1.29. The van der Waals surface area contributed by atoms with E-state index in [2.05, 4.69) is 10.6 Å². The van der Waals surface area contributed by atoms with Crippen molar-refractivity contribution in [1.82, 2.24) is 10.6 Å². The van der Waals surface area contributed by atoms with Crippen LogP contribution in [0.15, 0.2) is 24.3 Å². The lowest BCUT2D eigenvalue weighted by Crippen LogP contribution is -2.34. The minimum atomic E-state index is -0.0571. The number of rotatable bonds is 6. The van der Waals surface area contributed by atoms with E-state index in [9.17, 15) is 9.59 Å². The average molecular weight is 289 g/mol. The molecule has 1 fully saturated rings. The van der Waals surface area contributed by atoms with Crippen molar-refractivity contribution in [2.75, 3.05) is 25.0 Å². The predicted molar refractivity (Wildman–Crippen MR) is 83.0 cm³/mol. The molecule has 2 N–H and O–H groups in total. The average Bonchev–Trinajstić information content (AvgIpc) is 2.91. The summed E-state index contributed by atoms with van der Waals surface area (Å²) >= 11 is 0. The third kappa shape index (κ3) is 4.04. The van der Waals surface area contributed by atoms with Gasteiger partial charge in [0.25, 0.3) is 0 Å². The van der Waals surface area contributed by atoms with Crippen LogP contribution in [0.4, 0.5) is 5.69 Å². The van der Waals surface area contributed by atoms with Gasteiger partial charge in [-0.1, -0.05) is 19.1 Å².